The molecule has 0 aliphatic carbocycles. The molecule has 0 bridgehead atoms. The molecule has 0 spiro atoms. The molecular weight excluding hydrogens is 380 g/mol. The third-order valence-corrected chi connectivity index (χ3v) is 5.01. The van der Waals surface area contributed by atoms with Crippen LogP contribution in [0.25, 0.3) is 0 Å². The molecule has 8 heteroatoms. The largest absolute Gasteiger partial charge is 0.351 e. The molecule has 5 nitrogen and oxygen atoms in total. The van der Waals surface area contributed by atoms with Gasteiger partial charge in [0.25, 0.3) is 0 Å². The van der Waals surface area contributed by atoms with Crippen LogP contribution in [0.15, 0.2) is 48.5 Å². The number of nitrogens with one attached hydrogen (secondary N) is 2. The van der Waals surface area contributed by atoms with Crippen LogP contribution in [0.4, 0.5) is 5.69 Å². The summed E-state index contributed by atoms with van der Waals surface area (Å²) in [6.07, 6.45) is 1.09. The van der Waals surface area contributed by atoms with Crippen molar-refractivity contribution < 1.29 is 13.2 Å². The van der Waals surface area contributed by atoms with Gasteiger partial charge in [-0.3, -0.25) is 9.52 Å². The molecule has 1 amide bonds. The number of amides is 1. The van der Waals surface area contributed by atoms with Crippen LogP contribution in [-0.4, -0.2) is 26.3 Å². The van der Waals surface area contributed by atoms with E-state index in [1.165, 1.54) is 11.8 Å². The van der Waals surface area contributed by atoms with Gasteiger partial charge in [-0.05, 0) is 29.3 Å². The first-order chi connectivity index (χ1) is 11.8. The summed E-state index contributed by atoms with van der Waals surface area (Å²) < 4.78 is 25.2. The molecule has 0 aliphatic heterocycles. The maximum absolute atomic E-state index is 12.0. The van der Waals surface area contributed by atoms with Crippen molar-refractivity contribution in [1.82, 2.24) is 5.32 Å². The molecule has 0 saturated carbocycles. The van der Waals surface area contributed by atoms with E-state index in [2.05, 4.69) is 10.0 Å². The number of carbonyl (C=O) groups excluding carboxylic acids is 1. The van der Waals surface area contributed by atoms with Crippen molar-refractivity contribution in [3.05, 3.63) is 64.7 Å². The van der Waals surface area contributed by atoms with Gasteiger partial charge >= 0.3 is 0 Å². The van der Waals surface area contributed by atoms with Gasteiger partial charge in [0.05, 0.1) is 17.7 Å². The average molecular weight is 399 g/mol. The molecule has 2 aromatic carbocycles. The van der Waals surface area contributed by atoms with Gasteiger partial charge in [0, 0.05) is 17.3 Å². The SMILES string of the molecule is CS(=O)(=O)Nc1ccccc1CNC(=O)CSCc1cccc(Cl)c1. The number of anilines is 1. The first-order valence-electron chi connectivity index (χ1n) is 7.48. The Morgan fingerprint density at radius 3 is 2.64 bits per heavy atom. The molecule has 2 rings (SSSR count). The van der Waals surface area contributed by atoms with E-state index >= 15 is 0 Å². The van der Waals surface area contributed by atoms with Crippen molar-refractivity contribution in [3.8, 4) is 0 Å². The Labute approximate surface area is 157 Å². The van der Waals surface area contributed by atoms with Crippen LogP contribution in [0.5, 0.6) is 0 Å². The Balaban J connectivity index is 1.82. The van der Waals surface area contributed by atoms with E-state index in [0.717, 1.165) is 11.8 Å². The smallest absolute Gasteiger partial charge is 0.230 e. The fourth-order valence-corrected chi connectivity index (χ4v) is 3.72. The summed E-state index contributed by atoms with van der Waals surface area (Å²) in [5.41, 5.74) is 2.24. The monoisotopic (exact) mass is 398 g/mol. The molecule has 0 fully saturated rings. The van der Waals surface area contributed by atoms with Crippen LogP contribution in [-0.2, 0) is 27.1 Å². The average Bonchev–Trinajstić information content (AvgIpc) is 2.53. The zero-order chi connectivity index (χ0) is 18.3. The van der Waals surface area contributed by atoms with E-state index in [1.807, 2.05) is 24.3 Å². The highest BCUT2D eigenvalue weighted by atomic mass is 35.5. The fourth-order valence-electron chi connectivity index (χ4n) is 2.11. The predicted octanol–water partition coefficient (Wildman–Crippen LogP) is 3.26. The van der Waals surface area contributed by atoms with E-state index in [1.54, 1.807) is 24.3 Å². The summed E-state index contributed by atoms with van der Waals surface area (Å²) in [7, 11) is -3.36. The molecule has 2 aromatic rings. The topological polar surface area (TPSA) is 75.3 Å². The zero-order valence-corrected chi connectivity index (χ0v) is 16.0. The van der Waals surface area contributed by atoms with Crippen LogP contribution in [0.1, 0.15) is 11.1 Å². The maximum atomic E-state index is 12.0. The molecule has 25 heavy (non-hydrogen) atoms. The fraction of sp³-hybridized carbons (Fsp3) is 0.235. The summed E-state index contributed by atoms with van der Waals surface area (Å²) in [5.74, 6) is 0.898. The number of thioether (sulfide) groups is 1. The third kappa shape index (κ3) is 7.37. The van der Waals surface area contributed by atoms with Gasteiger partial charge in [0.15, 0.2) is 0 Å². The number of halogens is 1. The van der Waals surface area contributed by atoms with Crippen molar-refractivity contribution in [2.24, 2.45) is 0 Å². The van der Waals surface area contributed by atoms with Gasteiger partial charge < -0.3 is 5.32 Å². The molecule has 0 atom stereocenters. The van der Waals surface area contributed by atoms with Gasteiger partial charge in [-0.2, -0.15) is 0 Å². The maximum Gasteiger partial charge on any atom is 0.230 e. The first-order valence-corrected chi connectivity index (χ1v) is 10.9. The lowest BCUT2D eigenvalue weighted by Gasteiger charge is -2.11. The predicted molar refractivity (Wildman–Crippen MR) is 104 cm³/mol. The van der Waals surface area contributed by atoms with Crippen LogP contribution in [0, 0.1) is 0 Å². The van der Waals surface area contributed by atoms with Crippen LogP contribution in [0.2, 0.25) is 5.02 Å². The number of benzene rings is 2. The van der Waals surface area contributed by atoms with Gasteiger partial charge in [0.2, 0.25) is 15.9 Å². The van der Waals surface area contributed by atoms with Crippen LogP contribution < -0.4 is 10.0 Å². The van der Waals surface area contributed by atoms with Crippen LogP contribution in [0.3, 0.4) is 0 Å². The number of hydrogen-bond acceptors (Lipinski definition) is 4. The highest BCUT2D eigenvalue weighted by Gasteiger charge is 2.08. The van der Waals surface area contributed by atoms with Crippen molar-refractivity contribution in [3.63, 3.8) is 0 Å². The minimum Gasteiger partial charge on any atom is -0.351 e. The third-order valence-electron chi connectivity index (χ3n) is 3.18. The number of carbonyl (C=O) groups is 1. The van der Waals surface area contributed by atoms with Gasteiger partial charge in [0.1, 0.15) is 0 Å². The molecule has 0 aromatic heterocycles. The van der Waals surface area contributed by atoms with Gasteiger partial charge in [-0.15, -0.1) is 11.8 Å². The van der Waals surface area contributed by atoms with E-state index in [4.69, 9.17) is 11.6 Å². The quantitative estimate of drug-likeness (QED) is 0.715. The standard InChI is InChI=1S/C17H19ClN2O3S2/c1-25(22,23)20-16-8-3-2-6-14(16)10-19-17(21)12-24-11-13-5-4-7-15(18)9-13/h2-9,20H,10-12H2,1H3,(H,19,21). The zero-order valence-electron chi connectivity index (χ0n) is 13.7. The first kappa shape index (κ1) is 19.6. The number of sulfonamides is 1. The lowest BCUT2D eigenvalue weighted by atomic mass is 10.2. The minimum atomic E-state index is -3.36. The highest BCUT2D eigenvalue weighted by molar-refractivity contribution is 7.99. The molecular formula is C17H19ClN2O3S2. The van der Waals surface area contributed by atoms with Crippen molar-refractivity contribution in [2.75, 3.05) is 16.7 Å². The normalized spacial score (nSPS) is 11.1. The Morgan fingerprint density at radius 1 is 1.16 bits per heavy atom. The lowest BCUT2D eigenvalue weighted by Crippen LogP contribution is -2.25. The molecule has 0 unspecified atom stereocenters. The number of rotatable bonds is 8. The number of para-hydroxylation sites is 1. The summed E-state index contributed by atoms with van der Waals surface area (Å²) in [5, 5.41) is 3.48. The second-order valence-electron chi connectivity index (χ2n) is 5.43. The summed E-state index contributed by atoms with van der Waals surface area (Å²) in [4.78, 5) is 12.0. The van der Waals surface area contributed by atoms with Gasteiger partial charge in [-0.1, -0.05) is 41.9 Å². The lowest BCUT2D eigenvalue weighted by molar-refractivity contribution is -0.118. The summed E-state index contributed by atoms with van der Waals surface area (Å²) >= 11 is 7.42. The molecule has 0 heterocycles. The van der Waals surface area contributed by atoms with Gasteiger partial charge in [-0.25, -0.2) is 8.42 Å². The molecule has 134 valence electrons. The van der Waals surface area contributed by atoms with E-state index in [9.17, 15) is 13.2 Å². The van der Waals surface area contributed by atoms with E-state index in [0.29, 0.717) is 27.8 Å². The molecule has 0 aliphatic rings. The van der Waals surface area contributed by atoms with E-state index in [-0.39, 0.29) is 12.5 Å². The Bertz CT molecular complexity index is 841. The Kier molecular flexibility index (Phi) is 7.16. The van der Waals surface area contributed by atoms with Crippen molar-refractivity contribution in [2.45, 2.75) is 12.3 Å². The molecule has 0 saturated heterocycles. The Morgan fingerprint density at radius 2 is 1.92 bits per heavy atom. The molecule has 2 N–H and O–H groups in total. The summed E-state index contributed by atoms with van der Waals surface area (Å²) in [6, 6.07) is 14.5. The highest BCUT2D eigenvalue weighted by Crippen LogP contribution is 2.17. The second-order valence-corrected chi connectivity index (χ2v) is 8.60. The van der Waals surface area contributed by atoms with Crippen molar-refractivity contribution >= 4 is 45.0 Å². The van der Waals surface area contributed by atoms with Crippen LogP contribution >= 0.6 is 23.4 Å². The summed E-state index contributed by atoms with van der Waals surface area (Å²) in [6.45, 7) is 0.259. The van der Waals surface area contributed by atoms with Crippen molar-refractivity contribution in [1.29, 1.82) is 0 Å². The minimum absolute atomic E-state index is 0.110. The van der Waals surface area contributed by atoms with E-state index < -0.39 is 10.0 Å². The second kappa shape index (κ2) is 9.12. The molecule has 0 radical (unpaired) electrons. The number of hydrogen-bond donors (Lipinski definition) is 2. The Hall–Kier alpha value is -1.70.